The second kappa shape index (κ2) is 5.84. The fourth-order valence-corrected chi connectivity index (χ4v) is 3.18. The van der Waals surface area contributed by atoms with Gasteiger partial charge in [0, 0.05) is 38.1 Å². The number of hydrogen-bond donors (Lipinski definition) is 0. The summed E-state index contributed by atoms with van der Waals surface area (Å²) >= 11 is 0. The minimum absolute atomic E-state index is 0.0816. The van der Waals surface area contributed by atoms with E-state index in [2.05, 4.69) is 34.8 Å². The average Bonchev–Trinajstić information content (AvgIpc) is 2.77. The summed E-state index contributed by atoms with van der Waals surface area (Å²) in [6, 6.07) is 2.10. The van der Waals surface area contributed by atoms with Gasteiger partial charge in [0.2, 0.25) is 11.9 Å². The van der Waals surface area contributed by atoms with Crippen LogP contribution in [0.4, 0.5) is 5.95 Å². The van der Waals surface area contributed by atoms with Crippen LogP contribution in [0.3, 0.4) is 0 Å². The van der Waals surface area contributed by atoms with Gasteiger partial charge in [-0.15, -0.1) is 0 Å². The minimum atomic E-state index is 0.0816. The summed E-state index contributed by atoms with van der Waals surface area (Å²) in [6.07, 6.45) is 7.73. The van der Waals surface area contributed by atoms with E-state index < -0.39 is 0 Å². The monoisotopic (exact) mass is 286 g/mol. The number of allylic oxidation sites excluding steroid dienone is 1. The third-order valence-corrected chi connectivity index (χ3v) is 4.32. The average molecular weight is 286 g/mol. The molecule has 2 bridgehead atoms. The van der Waals surface area contributed by atoms with Gasteiger partial charge in [0.25, 0.3) is 0 Å². The van der Waals surface area contributed by atoms with Gasteiger partial charge in [0.1, 0.15) is 0 Å². The Balaban J connectivity index is 1.81. The normalized spacial score (nSPS) is 25.0. The summed E-state index contributed by atoms with van der Waals surface area (Å²) in [7, 11) is 0. The summed E-state index contributed by atoms with van der Waals surface area (Å²) in [6.45, 7) is 6.45. The molecule has 4 heterocycles. The van der Waals surface area contributed by atoms with Crippen molar-refractivity contribution in [3.63, 3.8) is 0 Å². The molecule has 0 spiro atoms. The first-order valence-electron chi connectivity index (χ1n) is 7.61. The van der Waals surface area contributed by atoms with Crippen molar-refractivity contribution in [3.05, 3.63) is 30.1 Å². The topological polar surface area (TPSA) is 49.3 Å². The van der Waals surface area contributed by atoms with Crippen LogP contribution in [0.2, 0.25) is 0 Å². The van der Waals surface area contributed by atoms with Gasteiger partial charge in [-0.2, -0.15) is 0 Å². The highest BCUT2D eigenvalue weighted by Gasteiger charge is 2.40. The first-order chi connectivity index (χ1) is 10.1. The number of hydrogen-bond acceptors (Lipinski definition) is 4. The van der Waals surface area contributed by atoms with Crippen LogP contribution in [-0.4, -0.2) is 46.5 Å². The van der Waals surface area contributed by atoms with E-state index in [1.54, 1.807) is 12.4 Å². The van der Waals surface area contributed by atoms with Gasteiger partial charge in [-0.3, -0.25) is 4.79 Å². The van der Waals surface area contributed by atoms with Crippen molar-refractivity contribution in [1.29, 1.82) is 0 Å². The highest BCUT2D eigenvalue weighted by atomic mass is 16.2. The lowest BCUT2D eigenvalue weighted by atomic mass is 9.94. The number of carbonyl (C=O) groups is 1. The van der Waals surface area contributed by atoms with E-state index in [0.29, 0.717) is 5.91 Å². The Morgan fingerprint density at radius 1 is 1.29 bits per heavy atom. The zero-order chi connectivity index (χ0) is 14.8. The van der Waals surface area contributed by atoms with Gasteiger partial charge in [-0.05, 0) is 32.8 Å². The zero-order valence-electron chi connectivity index (χ0n) is 12.7. The summed E-state index contributed by atoms with van der Waals surface area (Å²) in [5.41, 5.74) is 1.26. The van der Waals surface area contributed by atoms with Gasteiger partial charge in [-0.1, -0.05) is 11.6 Å². The third-order valence-electron chi connectivity index (χ3n) is 4.32. The number of anilines is 1. The van der Waals surface area contributed by atoms with Gasteiger partial charge >= 0.3 is 0 Å². The van der Waals surface area contributed by atoms with E-state index >= 15 is 0 Å². The minimum Gasteiger partial charge on any atom is -0.338 e. The Bertz CT molecular complexity index is 538. The SMILES string of the molecule is CC(C)=CCN1C(=O)[C@H]2CC[C@@H]1CN(c1ncccn1)C2. The molecule has 1 amide bonds. The predicted octanol–water partition coefficient (Wildman–Crippen LogP) is 1.87. The van der Waals surface area contributed by atoms with Crippen LogP contribution in [0, 0.1) is 5.92 Å². The van der Waals surface area contributed by atoms with Crippen molar-refractivity contribution in [2.45, 2.75) is 32.7 Å². The van der Waals surface area contributed by atoms with Crippen LogP contribution in [0.25, 0.3) is 0 Å². The molecule has 3 aliphatic heterocycles. The molecule has 0 N–H and O–H groups in total. The maximum atomic E-state index is 12.6. The molecule has 112 valence electrons. The lowest BCUT2D eigenvalue weighted by molar-refractivity contribution is -0.139. The molecule has 3 aliphatic rings. The summed E-state index contributed by atoms with van der Waals surface area (Å²) in [5, 5.41) is 0. The molecule has 1 aromatic rings. The largest absolute Gasteiger partial charge is 0.338 e. The number of fused-ring (bicyclic) bond motifs is 4. The number of carbonyl (C=O) groups excluding carboxylic acids is 1. The molecule has 0 saturated carbocycles. The van der Waals surface area contributed by atoms with E-state index in [-0.39, 0.29) is 12.0 Å². The number of nitrogens with zero attached hydrogens (tertiary/aromatic N) is 4. The highest BCUT2D eigenvalue weighted by molar-refractivity contribution is 5.81. The summed E-state index contributed by atoms with van der Waals surface area (Å²) in [4.78, 5) is 25.5. The summed E-state index contributed by atoms with van der Waals surface area (Å²) < 4.78 is 0. The number of rotatable bonds is 3. The number of aromatic nitrogens is 2. The zero-order valence-corrected chi connectivity index (χ0v) is 12.7. The Labute approximate surface area is 125 Å². The van der Waals surface area contributed by atoms with Crippen LogP contribution in [-0.2, 0) is 4.79 Å². The van der Waals surface area contributed by atoms with E-state index in [0.717, 1.165) is 38.4 Å². The van der Waals surface area contributed by atoms with E-state index in [4.69, 9.17) is 0 Å². The molecule has 1 aromatic heterocycles. The third kappa shape index (κ3) is 2.91. The van der Waals surface area contributed by atoms with Crippen LogP contribution < -0.4 is 4.90 Å². The van der Waals surface area contributed by atoms with Crippen molar-refractivity contribution in [1.82, 2.24) is 14.9 Å². The second-order valence-electron chi connectivity index (χ2n) is 6.15. The molecular weight excluding hydrogens is 264 g/mol. The first-order valence-corrected chi connectivity index (χ1v) is 7.61. The lowest BCUT2D eigenvalue weighted by Gasteiger charge is -2.35. The highest BCUT2D eigenvalue weighted by Crippen LogP contribution is 2.30. The molecule has 4 rings (SSSR count). The number of piperidine rings is 1. The standard InChI is InChI=1S/C16H22N4O/c1-12(2)6-9-20-14-5-4-13(15(20)21)10-19(11-14)16-17-7-3-8-18-16/h3,6-8,13-14H,4-5,9-11H2,1-2H3/t13-,14+/m0/s1. The van der Waals surface area contributed by atoms with Crippen LogP contribution in [0.15, 0.2) is 30.1 Å². The smallest absolute Gasteiger partial charge is 0.228 e. The molecule has 5 heteroatoms. The van der Waals surface area contributed by atoms with E-state index in [9.17, 15) is 4.79 Å². The Morgan fingerprint density at radius 2 is 2.05 bits per heavy atom. The van der Waals surface area contributed by atoms with Gasteiger partial charge < -0.3 is 9.80 Å². The predicted molar refractivity (Wildman–Crippen MR) is 81.9 cm³/mol. The summed E-state index contributed by atoms with van der Waals surface area (Å²) in [5.74, 6) is 1.12. The van der Waals surface area contributed by atoms with Crippen molar-refractivity contribution in [2.24, 2.45) is 5.92 Å². The van der Waals surface area contributed by atoms with Crippen LogP contribution in [0.1, 0.15) is 26.7 Å². The Morgan fingerprint density at radius 3 is 2.76 bits per heavy atom. The van der Waals surface area contributed by atoms with Crippen molar-refractivity contribution < 1.29 is 4.79 Å². The molecule has 0 aromatic carbocycles. The Kier molecular flexibility index (Phi) is 3.90. The van der Waals surface area contributed by atoms with Gasteiger partial charge in [0.15, 0.2) is 0 Å². The molecular formula is C16H22N4O. The Hall–Kier alpha value is -1.91. The van der Waals surface area contributed by atoms with Crippen molar-refractivity contribution >= 4 is 11.9 Å². The van der Waals surface area contributed by atoms with Gasteiger partial charge in [-0.25, -0.2) is 9.97 Å². The fraction of sp³-hybridized carbons (Fsp3) is 0.562. The van der Waals surface area contributed by atoms with Gasteiger partial charge in [0.05, 0.1) is 5.92 Å². The molecule has 3 fully saturated rings. The molecule has 3 saturated heterocycles. The molecule has 0 radical (unpaired) electrons. The first kappa shape index (κ1) is 14.0. The molecule has 21 heavy (non-hydrogen) atoms. The van der Waals surface area contributed by atoms with Crippen LogP contribution in [0.5, 0.6) is 0 Å². The van der Waals surface area contributed by atoms with Crippen LogP contribution >= 0.6 is 0 Å². The molecule has 2 atom stereocenters. The number of amides is 1. The quantitative estimate of drug-likeness (QED) is 0.796. The van der Waals surface area contributed by atoms with Crippen molar-refractivity contribution in [2.75, 3.05) is 24.5 Å². The fourth-order valence-electron chi connectivity index (χ4n) is 3.18. The molecule has 0 unspecified atom stereocenters. The van der Waals surface area contributed by atoms with E-state index in [1.165, 1.54) is 5.57 Å². The maximum absolute atomic E-state index is 12.6. The van der Waals surface area contributed by atoms with E-state index in [1.807, 2.05) is 11.0 Å². The molecule has 0 aliphatic carbocycles. The maximum Gasteiger partial charge on any atom is 0.228 e. The van der Waals surface area contributed by atoms with Crippen molar-refractivity contribution in [3.8, 4) is 0 Å². The lowest BCUT2D eigenvalue weighted by Crippen LogP contribution is -2.47. The second-order valence-corrected chi connectivity index (χ2v) is 6.15. The molecule has 5 nitrogen and oxygen atoms in total.